The van der Waals surface area contributed by atoms with Gasteiger partial charge in [-0.25, -0.2) is 0 Å². The third kappa shape index (κ3) is 1.30. The van der Waals surface area contributed by atoms with Gasteiger partial charge in [-0.2, -0.15) is 0 Å². The van der Waals surface area contributed by atoms with E-state index in [4.69, 9.17) is 11.6 Å². The smallest absolute Gasteiger partial charge is 0.224 e. The molecule has 1 N–H and O–H groups in total. The van der Waals surface area contributed by atoms with Crippen LogP contribution in [0.5, 0.6) is 0 Å². The molecule has 0 unspecified atom stereocenters. The third-order valence-electron chi connectivity index (χ3n) is 1.97. The summed E-state index contributed by atoms with van der Waals surface area (Å²) in [6.07, 6.45) is 1.40. The highest BCUT2D eigenvalue weighted by molar-refractivity contribution is 6.31. The maximum Gasteiger partial charge on any atom is 0.224 e. The van der Waals surface area contributed by atoms with Crippen LogP contribution in [0.2, 0.25) is 5.02 Å². The molecule has 1 amide bonds. The monoisotopic (exact) mass is 181 g/mol. The molecule has 0 saturated heterocycles. The lowest BCUT2D eigenvalue weighted by Crippen LogP contribution is -2.18. The van der Waals surface area contributed by atoms with Gasteiger partial charge in [0.05, 0.1) is 0 Å². The van der Waals surface area contributed by atoms with E-state index in [-0.39, 0.29) is 5.91 Å². The zero-order chi connectivity index (χ0) is 8.55. The minimum atomic E-state index is 0.0739. The molecule has 0 fully saturated rings. The van der Waals surface area contributed by atoms with E-state index in [0.717, 1.165) is 12.1 Å². The number of aryl methyl sites for hydroxylation is 1. The number of rotatable bonds is 0. The van der Waals surface area contributed by atoms with E-state index in [9.17, 15) is 4.79 Å². The fraction of sp³-hybridized carbons (Fsp3) is 0.222. The summed E-state index contributed by atoms with van der Waals surface area (Å²) in [6.45, 7) is 0. The van der Waals surface area contributed by atoms with E-state index in [1.165, 1.54) is 5.56 Å². The number of amides is 1. The van der Waals surface area contributed by atoms with Gasteiger partial charge in [0.1, 0.15) is 0 Å². The highest BCUT2D eigenvalue weighted by atomic mass is 35.5. The normalized spacial score (nSPS) is 15.2. The molecule has 1 heterocycles. The van der Waals surface area contributed by atoms with Gasteiger partial charge in [-0.3, -0.25) is 4.79 Å². The second kappa shape index (κ2) is 2.79. The SMILES string of the molecule is O=C1CCc2ccc(Cl)cc2N1. The summed E-state index contributed by atoms with van der Waals surface area (Å²) in [5.74, 6) is 0.0739. The van der Waals surface area contributed by atoms with Crippen LogP contribution in [-0.2, 0) is 11.2 Å². The minimum Gasteiger partial charge on any atom is -0.326 e. The van der Waals surface area contributed by atoms with Crippen LogP contribution in [0.4, 0.5) is 5.69 Å². The van der Waals surface area contributed by atoms with Crippen LogP contribution in [0.1, 0.15) is 12.0 Å². The molecule has 1 aromatic rings. The number of fused-ring (bicyclic) bond motifs is 1. The molecule has 2 nitrogen and oxygen atoms in total. The van der Waals surface area contributed by atoms with Crippen molar-refractivity contribution in [2.75, 3.05) is 5.32 Å². The highest BCUT2D eigenvalue weighted by Crippen LogP contribution is 2.25. The predicted molar refractivity (Wildman–Crippen MR) is 48.4 cm³/mol. The van der Waals surface area contributed by atoms with Crippen LogP contribution in [-0.4, -0.2) is 5.91 Å². The molecule has 1 aliphatic rings. The maximum absolute atomic E-state index is 11.0. The molecule has 0 aromatic heterocycles. The zero-order valence-corrected chi connectivity index (χ0v) is 7.19. The second-order valence-electron chi connectivity index (χ2n) is 2.85. The summed E-state index contributed by atoms with van der Waals surface area (Å²) < 4.78 is 0. The summed E-state index contributed by atoms with van der Waals surface area (Å²) >= 11 is 5.77. The van der Waals surface area contributed by atoms with Gasteiger partial charge in [0.15, 0.2) is 0 Å². The molecule has 3 heteroatoms. The van der Waals surface area contributed by atoms with Gasteiger partial charge in [-0.15, -0.1) is 0 Å². The number of hydrogen-bond acceptors (Lipinski definition) is 1. The van der Waals surface area contributed by atoms with Crippen molar-refractivity contribution in [3.05, 3.63) is 28.8 Å². The zero-order valence-electron chi connectivity index (χ0n) is 6.43. The Bertz CT molecular complexity index is 335. The van der Waals surface area contributed by atoms with Gasteiger partial charge in [0, 0.05) is 17.1 Å². The molecular formula is C9H8ClNO. The number of carbonyl (C=O) groups is 1. The van der Waals surface area contributed by atoms with Gasteiger partial charge < -0.3 is 5.32 Å². The number of benzene rings is 1. The first-order chi connectivity index (χ1) is 5.75. The molecule has 0 atom stereocenters. The number of nitrogens with one attached hydrogen (secondary N) is 1. The first-order valence-electron chi connectivity index (χ1n) is 3.84. The van der Waals surface area contributed by atoms with Gasteiger partial charge in [0.25, 0.3) is 0 Å². The maximum atomic E-state index is 11.0. The van der Waals surface area contributed by atoms with Crippen molar-refractivity contribution >= 4 is 23.2 Å². The van der Waals surface area contributed by atoms with E-state index in [1.54, 1.807) is 6.07 Å². The number of anilines is 1. The number of hydrogen-bond donors (Lipinski definition) is 1. The van der Waals surface area contributed by atoms with Gasteiger partial charge in [0.2, 0.25) is 5.91 Å². The Morgan fingerprint density at radius 3 is 3.00 bits per heavy atom. The second-order valence-corrected chi connectivity index (χ2v) is 3.29. The van der Waals surface area contributed by atoms with Crippen molar-refractivity contribution in [2.24, 2.45) is 0 Å². The molecule has 0 aliphatic carbocycles. The molecule has 0 bridgehead atoms. The standard InChI is InChI=1S/C9H8ClNO/c10-7-3-1-6-2-4-9(12)11-8(6)5-7/h1,3,5H,2,4H2,(H,11,12). The van der Waals surface area contributed by atoms with E-state index in [0.29, 0.717) is 11.4 Å². The Labute approximate surface area is 75.5 Å². The predicted octanol–water partition coefficient (Wildman–Crippen LogP) is 2.22. The van der Waals surface area contributed by atoms with Crippen molar-refractivity contribution in [3.8, 4) is 0 Å². The van der Waals surface area contributed by atoms with Crippen LogP contribution >= 0.6 is 11.6 Å². The summed E-state index contributed by atoms with van der Waals surface area (Å²) in [5.41, 5.74) is 2.03. The lowest BCUT2D eigenvalue weighted by Gasteiger charge is -2.16. The van der Waals surface area contributed by atoms with Gasteiger partial charge >= 0.3 is 0 Å². The fourth-order valence-corrected chi connectivity index (χ4v) is 1.52. The third-order valence-corrected chi connectivity index (χ3v) is 2.20. The van der Waals surface area contributed by atoms with Crippen molar-refractivity contribution in [1.29, 1.82) is 0 Å². The highest BCUT2D eigenvalue weighted by Gasteiger charge is 2.13. The van der Waals surface area contributed by atoms with Gasteiger partial charge in [-0.1, -0.05) is 17.7 Å². The molecule has 0 saturated carbocycles. The largest absolute Gasteiger partial charge is 0.326 e. The summed E-state index contributed by atoms with van der Waals surface area (Å²) in [5, 5.41) is 3.44. The van der Waals surface area contributed by atoms with E-state index < -0.39 is 0 Å². The average Bonchev–Trinajstić information content (AvgIpc) is 2.03. The minimum absolute atomic E-state index is 0.0739. The molecule has 0 spiro atoms. The van der Waals surface area contributed by atoms with Crippen LogP contribution in [0, 0.1) is 0 Å². The van der Waals surface area contributed by atoms with E-state index in [2.05, 4.69) is 5.32 Å². The fourth-order valence-electron chi connectivity index (χ4n) is 1.34. The Hall–Kier alpha value is -1.02. The molecule has 2 rings (SSSR count). The molecule has 1 aromatic carbocycles. The Morgan fingerprint density at radius 1 is 1.33 bits per heavy atom. The van der Waals surface area contributed by atoms with Crippen LogP contribution in [0.3, 0.4) is 0 Å². The molecule has 12 heavy (non-hydrogen) atoms. The molecule has 62 valence electrons. The van der Waals surface area contributed by atoms with Crippen molar-refractivity contribution in [3.63, 3.8) is 0 Å². The first kappa shape index (κ1) is 7.62. The first-order valence-corrected chi connectivity index (χ1v) is 4.22. The average molecular weight is 182 g/mol. The van der Waals surface area contributed by atoms with Gasteiger partial charge in [-0.05, 0) is 24.1 Å². The topological polar surface area (TPSA) is 29.1 Å². The number of halogens is 1. The lowest BCUT2D eigenvalue weighted by atomic mass is 10.0. The van der Waals surface area contributed by atoms with Crippen molar-refractivity contribution in [1.82, 2.24) is 0 Å². The molecule has 0 radical (unpaired) electrons. The van der Waals surface area contributed by atoms with Crippen molar-refractivity contribution in [2.45, 2.75) is 12.8 Å². The summed E-state index contributed by atoms with van der Waals surface area (Å²) in [6, 6.07) is 5.59. The Kier molecular flexibility index (Phi) is 1.77. The van der Waals surface area contributed by atoms with E-state index in [1.807, 2.05) is 12.1 Å². The summed E-state index contributed by atoms with van der Waals surface area (Å²) in [4.78, 5) is 11.0. The summed E-state index contributed by atoms with van der Waals surface area (Å²) in [7, 11) is 0. The quantitative estimate of drug-likeness (QED) is 0.654. The Balaban J connectivity index is 2.44. The molecular weight excluding hydrogens is 174 g/mol. The van der Waals surface area contributed by atoms with Crippen molar-refractivity contribution < 1.29 is 4.79 Å². The lowest BCUT2D eigenvalue weighted by molar-refractivity contribution is -0.116. The van der Waals surface area contributed by atoms with Crippen LogP contribution < -0.4 is 5.32 Å². The number of carbonyl (C=O) groups excluding carboxylic acids is 1. The van der Waals surface area contributed by atoms with Crippen LogP contribution in [0.15, 0.2) is 18.2 Å². The Morgan fingerprint density at radius 2 is 2.17 bits per heavy atom. The van der Waals surface area contributed by atoms with Crippen LogP contribution in [0.25, 0.3) is 0 Å². The molecule has 1 aliphatic heterocycles. The van der Waals surface area contributed by atoms with E-state index >= 15 is 0 Å².